The molecule has 0 aromatic heterocycles. The lowest BCUT2D eigenvalue weighted by molar-refractivity contribution is -0.167. The van der Waals surface area contributed by atoms with Crippen LogP contribution >= 0.6 is 0 Å². The van der Waals surface area contributed by atoms with Crippen molar-refractivity contribution in [3.63, 3.8) is 0 Å². The van der Waals surface area contributed by atoms with Gasteiger partial charge in [-0.25, -0.2) is 0 Å². The third kappa shape index (κ3) is 52.6. The van der Waals surface area contributed by atoms with Gasteiger partial charge >= 0.3 is 17.9 Å². The Bertz CT molecular complexity index is 1440. The molecule has 0 saturated heterocycles. The molecule has 0 aliphatic heterocycles. The first-order valence-electron chi connectivity index (χ1n) is 27.1. The van der Waals surface area contributed by atoms with Crippen LogP contribution in [0.5, 0.6) is 0 Å². The van der Waals surface area contributed by atoms with Crippen molar-refractivity contribution in [1.29, 1.82) is 0 Å². The fourth-order valence-corrected chi connectivity index (χ4v) is 7.00. The third-order valence-corrected chi connectivity index (χ3v) is 11.0. The largest absolute Gasteiger partial charge is 0.462 e. The van der Waals surface area contributed by atoms with Gasteiger partial charge in [0, 0.05) is 19.3 Å². The average molecular weight is 927 g/mol. The molecule has 0 N–H and O–H groups in total. The van der Waals surface area contributed by atoms with E-state index >= 15 is 0 Å². The molecule has 0 fully saturated rings. The number of hydrogen-bond donors (Lipinski definition) is 0. The van der Waals surface area contributed by atoms with Crippen molar-refractivity contribution >= 4 is 17.9 Å². The average Bonchev–Trinajstić information content (AvgIpc) is 3.33. The predicted octanol–water partition coefficient (Wildman–Crippen LogP) is 18.1. The van der Waals surface area contributed by atoms with Gasteiger partial charge in [-0.1, -0.05) is 219 Å². The normalized spacial score (nSPS) is 13.1. The van der Waals surface area contributed by atoms with Crippen LogP contribution in [0.3, 0.4) is 0 Å². The fourth-order valence-electron chi connectivity index (χ4n) is 7.00. The minimum absolute atomic E-state index is 0.113. The van der Waals surface area contributed by atoms with Crippen molar-refractivity contribution in [2.45, 2.75) is 232 Å². The number of hydrogen-bond acceptors (Lipinski definition) is 6. The summed E-state index contributed by atoms with van der Waals surface area (Å²) in [5.41, 5.74) is 0. The van der Waals surface area contributed by atoms with Crippen molar-refractivity contribution in [2.75, 3.05) is 13.2 Å². The highest BCUT2D eigenvalue weighted by atomic mass is 16.6. The summed E-state index contributed by atoms with van der Waals surface area (Å²) in [5, 5.41) is 0. The molecule has 0 aromatic carbocycles. The highest BCUT2D eigenvalue weighted by molar-refractivity contribution is 5.71. The van der Waals surface area contributed by atoms with Crippen molar-refractivity contribution in [2.24, 2.45) is 0 Å². The van der Waals surface area contributed by atoms with Gasteiger partial charge in [-0.2, -0.15) is 0 Å². The van der Waals surface area contributed by atoms with Gasteiger partial charge in [-0.15, -0.1) is 0 Å². The lowest BCUT2D eigenvalue weighted by Crippen LogP contribution is -2.30. The summed E-state index contributed by atoms with van der Waals surface area (Å²) in [5.74, 6) is -0.991. The van der Waals surface area contributed by atoms with Crippen molar-refractivity contribution in [3.8, 4) is 0 Å². The summed E-state index contributed by atoms with van der Waals surface area (Å²) in [6, 6.07) is 0. The van der Waals surface area contributed by atoms with Crippen LogP contribution in [-0.2, 0) is 28.6 Å². The molecule has 0 aliphatic rings. The first kappa shape index (κ1) is 62.8. The molecular weight excluding hydrogens is 829 g/mol. The molecule has 6 nitrogen and oxygen atoms in total. The van der Waals surface area contributed by atoms with E-state index in [0.717, 1.165) is 109 Å². The maximum atomic E-state index is 12.8. The molecular formula is C61H98O6. The number of esters is 3. The summed E-state index contributed by atoms with van der Waals surface area (Å²) < 4.78 is 16.8. The van der Waals surface area contributed by atoms with Crippen LogP contribution < -0.4 is 0 Å². The first-order valence-corrected chi connectivity index (χ1v) is 27.1. The smallest absolute Gasteiger partial charge is 0.306 e. The second kappa shape index (κ2) is 54.4. The molecule has 0 saturated carbocycles. The third-order valence-electron chi connectivity index (χ3n) is 11.0. The molecule has 0 radical (unpaired) electrons. The van der Waals surface area contributed by atoms with E-state index in [9.17, 15) is 14.4 Å². The maximum absolute atomic E-state index is 12.8. The molecule has 378 valence electrons. The number of carbonyl (C=O) groups excluding carboxylic acids is 3. The zero-order valence-corrected chi connectivity index (χ0v) is 43.1. The van der Waals surface area contributed by atoms with Crippen LogP contribution in [0.25, 0.3) is 0 Å². The van der Waals surface area contributed by atoms with E-state index < -0.39 is 6.10 Å². The van der Waals surface area contributed by atoms with Crippen LogP contribution in [-0.4, -0.2) is 37.2 Å². The zero-order valence-electron chi connectivity index (χ0n) is 43.1. The van der Waals surface area contributed by atoms with Crippen LogP contribution in [0.15, 0.2) is 122 Å². The summed E-state index contributed by atoms with van der Waals surface area (Å²) >= 11 is 0. The summed E-state index contributed by atoms with van der Waals surface area (Å²) in [6.45, 7) is 6.30. The second-order valence-corrected chi connectivity index (χ2v) is 17.5. The highest BCUT2D eigenvalue weighted by Gasteiger charge is 2.19. The van der Waals surface area contributed by atoms with Crippen LogP contribution in [0, 0.1) is 0 Å². The van der Waals surface area contributed by atoms with Gasteiger partial charge in [0.15, 0.2) is 6.10 Å². The molecule has 0 aromatic rings. The van der Waals surface area contributed by atoms with Gasteiger partial charge in [0.05, 0.1) is 0 Å². The standard InChI is InChI=1S/C61H98O6/c1-4-7-10-13-16-19-22-25-27-29-30-32-33-36-39-42-45-48-51-54-60(63)66-57-58(56-65-59(62)53-50-47-44-41-38-35-24-21-18-15-12-9-6-3)67-61(64)55-52-49-46-43-40-37-34-31-28-26-23-20-17-14-11-8-5-2/h7,9-10,12,15-16,18-19,21,24-28,30,32,35-36,38-39,58H,4-6,8,11,13-14,17,20,22-23,29,31,33-34,37,40-57H2,1-3H3/b10-7+,12-9+,18-15+,19-16+,24-21+,27-25+,28-26+,32-30+,38-35+,39-36+. The molecule has 0 spiro atoms. The number of allylic oxidation sites excluding steroid dienone is 20. The van der Waals surface area contributed by atoms with Crippen molar-refractivity contribution in [3.05, 3.63) is 122 Å². The van der Waals surface area contributed by atoms with Gasteiger partial charge < -0.3 is 14.2 Å². The molecule has 0 amide bonds. The van der Waals surface area contributed by atoms with Crippen LogP contribution in [0.1, 0.15) is 226 Å². The van der Waals surface area contributed by atoms with Crippen LogP contribution in [0.4, 0.5) is 0 Å². The van der Waals surface area contributed by atoms with E-state index in [0.29, 0.717) is 19.3 Å². The molecule has 0 heterocycles. The van der Waals surface area contributed by atoms with Crippen LogP contribution in [0.2, 0.25) is 0 Å². The van der Waals surface area contributed by atoms with Gasteiger partial charge in [0.1, 0.15) is 13.2 Å². The van der Waals surface area contributed by atoms with E-state index in [1.54, 1.807) is 0 Å². The first-order chi connectivity index (χ1) is 33.0. The molecule has 0 aliphatic carbocycles. The predicted molar refractivity (Wildman–Crippen MR) is 288 cm³/mol. The van der Waals surface area contributed by atoms with Crippen molar-refractivity contribution in [1.82, 2.24) is 0 Å². The number of ether oxygens (including phenoxy) is 3. The SMILES string of the molecule is CC/C=C/C=C/C=C/C=C/CCCCCC(=O)OCC(COC(=O)CCCCC/C=C/C/C=C/C/C=C/C/C=C/C/C=C/CC)OC(=O)CCCCCCCCC/C=C/CCCCCCCC. The maximum Gasteiger partial charge on any atom is 0.306 e. The monoisotopic (exact) mass is 927 g/mol. The minimum Gasteiger partial charge on any atom is -0.462 e. The molecule has 0 rings (SSSR count). The number of carbonyl (C=O) groups is 3. The Hall–Kier alpha value is -4.19. The molecule has 0 bridgehead atoms. The van der Waals surface area contributed by atoms with Gasteiger partial charge in [-0.05, 0) is 109 Å². The quantitative estimate of drug-likeness (QED) is 0.0199. The van der Waals surface area contributed by atoms with E-state index in [2.05, 4.69) is 106 Å². The van der Waals surface area contributed by atoms with Gasteiger partial charge in [-0.3, -0.25) is 14.4 Å². The minimum atomic E-state index is -0.814. The second-order valence-electron chi connectivity index (χ2n) is 17.5. The Balaban J connectivity index is 4.51. The fraction of sp³-hybridized carbons (Fsp3) is 0.623. The van der Waals surface area contributed by atoms with Gasteiger partial charge in [0.2, 0.25) is 0 Å². The Morgan fingerprint density at radius 3 is 1.12 bits per heavy atom. The molecule has 6 heteroatoms. The lowest BCUT2D eigenvalue weighted by atomic mass is 10.1. The van der Waals surface area contributed by atoms with E-state index in [1.165, 1.54) is 77.0 Å². The lowest BCUT2D eigenvalue weighted by Gasteiger charge is -2.18. The Morgan fingerprint density at radius 1 is 0.328 bits per heavy atom. The molecule has 67 heavy (non-hydrogen) atoms. The highest BCUT2D eigenvalue weighted by Crippen LogP contribution is 2.13. The summed E-state index contributed by atoms with van der Waals surface area (Å²) in [4.78, 5) is 38.1. The van der Waals surface area contributed by atoms with Gasteiger partial charge in [0.25, 0.3) is 0 Å². The summed E-state index contributed by atoms with van der Waals surface area (Å²) in [6.07, 6.45) is 74.7. The number of rotatable bonds is 47. The topological polar surface area (TPSA) is 78.9 Å². The number of unbranched alkanes of at least 4 members (excludes halogenated alkanes) is 19. The van der Waals surface area contributed by atoms with E-state index in [-0.39, 0.29) is 31.1 Å². The Labute approximate surface area is 412 Å². The molecule has 1 unspecified atom stereocenters. The van der Waals surface area contributed by atoms with E-state index in [1.807, 2.05) is 36.5 Å². The Kier molecular flexibility index (Phi) is 51.0. The zero-order chi connectivity index (χ0) is 48.6. The van der Waals surface area contributed by atoms with E-state index in [4.69, 9.17) is 14.2 Å². The summed E-state index contributed by atoms with van der Waals surface area (Å²) in [7, 11) is 0. The Morgan fingerprint density at radius 2 is 0.657 bits per heavy atom. The molecule has 1 atom stereocenters. The van der Waals surface area contributed by atoms with Crippen molar-refractivity contribution < 1.29 is 28.6 Å².